The summed E-state index contributed by atoms with van der Waals surface area (Å²) in [5.74, 6) is 2.07. The second-order valence-corrected chi connectivity index (χ2v) is 10.7. The molecular formula is C26H35NO7. The number of aliphatic hydroxyl groups is 3. The molecular weight excluding hydrogens is 438 g/mol. The quantitative estimate of drug-likeness (QED) is 0.521. The second kappa shape index (κ2) is 8.90. The van der Waals surface area contributed by atoms with Crippen molar-refractivity contribution in [2.24, 2.45) is 17.3 Å². The Morgan fingerprint density at radius 3 is 2.74 bits per heavy atom. The van der Waals surface area contributed by atoms with Crippen LogP contribution in [0.5, 0.6) is 5.75 Å². The van der Waals surface area contributed by atoms with Crippen molar-refractivity contribution in [1.29, 1.82) is 0 Å². The minimum Gasteiger partial charge on any atom is -0.463 e. The minimum atomic E-state index is -1.35. The van der Waals surface area contributed by atoms with Crippen molar-refractivity contribution in [3.63, 3.8) is 0 Å². The van der Waals surface area contributed by atoms with E-state index in [9.17, 15) is 24.9 Å². The molecule has 1 aliphatic heterocycles. The Labute approximate surface area is 199 Å². The number of hydrogen-bond acceptors (Lipinski definition) is 7. The van der Waals surface area contributed by atoms with Crippen LogP contribution in [-0.4, -0.2) is 64.3 Å². The first-order valence-electron chi connectivity index (χ1n) is 12.4. The van der Waals surface area contributed by atoms with Gasteiger partial charge >= 0.3 is 0 Å². The predicted molar refractivity (Wildman–Crippen MR) is 122 cm³/mol. The lowest BCUT2D eigenvalue weighted by Crippen LogP contribution is -2.65. The molecule has 0 unspecified atom stereocenters. The molecule has 1 aromatic carbocycles. The molecule has 1 heterocycles. The van der Waals surface area contributed by atoms with Crippen LogP contribution >= 0.6 is 0 Å². The van der Waals surface area contributed by atoms with Crippen LogP contribution in [0.2, 0.25) is 0 Å². The normalized spacial score (nSPS) is 41.3. The fourth-order valence-corrected chi connectivity index (χ4v) is 7.11. The SMILES string of the molecule is CC(=O)N[C@@H]1[C@H](Oc2ccc3c(c2)CC[C@@H]2[C@@H]3CC[C@]3(C)C(=O)CC[C@H]23)O[C@H](CO)[C@@H](O)[C@@H]1O. The Morgan fingerprint density at radius 2 is 2.00 bits per heavy atom. The number of carbonyl (C=O) groups is 2. The zero-order valence-electron chi connectivity index (χ0n) is 19.8. The number of aliphatic hydroxyl groups excluding tert-OH is 3. The van der Waals surface area contributed by atoms with Crippen molar-refractivity contribution >= 4 is 11.7 Å². The van der Waals surface area contributed by atoms with Gasteiger partial charge in [0.15, 0.2) is 0 Å². The maximum atomic E-state index is 12.6. The van der Waals surface area contributed by atoms with E-state index in [1.165, 1.54) is 18.1 Å². The van der Waals surface area contributed by atoms with Crippen molar-refractivity contribution in [1.82, 2.24) is 5.32 Å². The number of rotatable bonds is 4. The summed E-state index contributed by atoms with van der Waals surface area (Å²) in [7, 11) is 0. The molecule has 1 amide bonds. The van der Waals surface area contributed by atoms with E-state index in [4.69, 9.17) is 9.47 Å². The van der Waals surface area contributed by atoms with Crippen molar-refractivity contribution in [3.05, 3.63) is 29.3 Å². The minimum absolute atomic E-state index is 0.145. The summed E-state index contributed by atoms with van der Waals surface area (Å²) in [5.41, 5.74) is 2.41. The number of hydrogen-bond donors (Lipinski definition) is 4. The molecule has 3 aliphatic carbocycles. The smallest absolute Gasteiger partial charge is 0.223 e. The number of ether oxygens (including phenoxy) is 2. The molecule has 8 nitrogen and oxygen atoms in total. The summed E-state index contributed by atoms with van der Waals surface area (Å²) < 4.78 is 11.8. The number of ketones is 1. The van der Waals surface area contributed by atoms with Gasteiger partial charge in [0.05, 0.1) is 6.61 Å². The molecule has 1 aromatic rings. The van der Waals surface area contributed by atoms with Crippen molar-refractivity contribution in [2.75, 3.05) is 6.61 Å². The monoisotopic (exact) mass is 473 g/mol. The molecule has 9 atom stereocenters. The van der Waals surface area contributed by atoms with E-state index in [2.05, 4.69) is 18.3 Å². The molecule has 0 aromatic heterocycles. The summed E-state index contributed by atoms with van der Waals surface area (Å²) in [6, 6.07) is 5.01. The molecule has 0 spiro atoms. The van der Waals surface area contributed by atoms with Gasteiger partial charge in [0.1, 0.15) is 35.9 Å². The summed E-state index contributed by atoms with van der Waals surface area (Å²) in [5, 5.41) is 32.9. The van der Waals surface area contributed by atoms with E-state index in [0.717, 1.165) is 38.5 Å². The summed E-state index contributed by atoms with van der Waals surface area (Å²) in [4.78, 5) is 24.2. The number of nitrogens with one attached hydrogen (secondary N) is 1. The van der Waals surface area contributed by atoms with Gasteiger partial charge in [0.25, 0.3) is 0 Å². The zero-order chi connectivity index (χ0) is 24.2. The van der Waals surface area contributed by atoms with Crippen LogP contribution in [0, 0.1) is 17.3 Å². The number of amides is 1. The average Bonchev–Trinajstić information content (AvgIpc) is 3.12. The Balaban J connectivity index is 1.36. The van der Waals surface area contributed by atoms with Gasteiger partial charge in [-0.15, -0.1) is 0 Å². The van der Waals surface area contributed by atoms with Gasteiger partial charge in [0, 0.05) is 18.8 Å². The van der Waals surface area contributed by atoms with Crippen LogP contribution in [-0.2, 0) is 20.7 Å². The fraction of sp³-hybridized carbons (Fsp3) is 0.692. The van der Waals surface area contributed by atoms with E-state index in [-0.39, 0.29) is 11.3 Å². The lowest BCUT2D eigenvalue weighted by atomic mass is 9.55. The lowest BCUT2D eigenvalue weighted by molar-refractivity contribution is -0.244. The van der Waals surface area contributed by atoms with E-state index in [0.29, 0.717) is 29.3 Å². The van der Waals surface area contributed by atoms with Gasteiger partial charge in [-0.25, -0.2) is 0 Å². The maximum Gasteiger partial charge on any atom is 0.223 e. The fourth-order valence-electron chi connectivity index (χ4n) is 7.11. The van der Waals surface area contributed by atoms with E-state index in [1.54, 1.807) is 0 Å². The van der Waals surface area contributed by atoms with Crippen LogP contribution < -0.4 is 10.1 Å². The third kappa shape index (κ3) is 3.85. The molecule has 1 saturated heterocycles. The van der Waals surface area contributed by atoms with Gasteiger partial charge in [0.2, 0.25) is 12.2 Å². The van der Waals surface area contributed by atoms with Crippen LogP contribution in [0.4, 0.5) is 0 Å². The van der Waals surface area contributed by atoms with Crippen LogP contribution in [0.25, 0.3) is 0 Å². The van der Waals surface area contributed by atoms with Gasteiger partial charge in [-0.05, 0) is 73.1 Å². The summed E-state index contributed by atoms with van der Waals surface area (Å²) in [6.07, 6.45) is 0.902. The second-order valence-electron chi connectivity index (χ2n) is 10.7. The van der Waals surface area contributed by atoms with E-state index >= 15 is 0 Å². The van der Waals surface area contributed by atoms with Gasteiger partial charge in [-0.1, -0.05) is 13.0 Å². The Bertz CT molecular complexity index is 966. The van der Waals surface area contributed by atoms with Crippen LogP contribution in [0.1, 0.15) is 63.0 Å². The van der Waals surface area contributed by atoms with E-state index < -0.39 is 37.3 Å². The van der Waals surface area contributed by atoms with Crippen LogP contribution in [0.3, 0.4) is 0 Å². The zero-order valence-corrected chi connectivity index (χ0v) is 19.8. The van der Waals surface area contributed by atoms with Crippen molar-refractivity contribution < 1.29 is 34.4 Å². The predicted octanol–water partition coefficient (Wildman–Crippen LogP) is 1.43. The summed E-state index contributed by atoms with van der Waals surface area (Å²) >= 11 is 0. The first kappa shape index (κ1) is 23.7. The van der Waals surface area contributed by atoms with Gasteiger partial charge in [-0.3, -0.25) is 9.59 Å². The first-order valence-corrected chi connectivity index (χ1v) is 12.4. The van der Waals surface area contributed by atoms with Crippen LogP contribution in [0.15, 0.2) is 18.2 Å². The first-order chi connectivity index (χ1) is 16.2. The van der Waals surface area contributed by atoms with Gasteiger partial charge < -0.3 is 30.1 Å². The molecule has 0 radical (unpaired) electrons. The Morgan fingerprint density at radius 1 is 1.21 bits per heavy atom. The molecule has 4 N–H and O–H groups in total. The molecule has 186 valence electrons. The highest BCUT2D eigenvalue weighted by Crippen LogP contribution is 2.59. The number of carbonyl (C=O) groups excluding carboxylic acids is 2. The third-order valence-corrected chi connectivity index (χ3v) is 8.91. The average molecular weight is 474 g/mol. The molecule has 8 heteroatoms. The molecule has 3 fully saturated rings. The number of Topliss-reactive ketones (excluding diaryl/α,β-unsaturated/α-hetero) is 1. The third-order valence-electron chi connectivity index (χ3n) is 8.91. The molecule has 5 rings (SSSR count). The van der Waals surface area contributed by atoms with Gasteiger partial charge in [-0.2, -0.15) is 0 Å². The van der Waals surface area contributed by atoms with Crippen molar-refractivity contribution in [2.45, 2.75) is 88.9 Å². The lowest BCUT2D eigenvalue weighted by Gasteiger charge is -2.48. The van der Waals surface area contributed by atoms with Crippen molar-refractivity contribution in [3.8, 4) is 5.75 Å². The Kier molecular flexibility index (Phi) is 6.21. The van der Waals surface area contributed by atoms with E-state index in [1.807, 2.05) is 12.1 Å². The number of fused-ring (bicyclic) bond motifs is 5. The molecule has 4 aliphatic rings. The highest BCUT2D eigenvalue weighted by Gasteiger charge is 2.54. The largest absolute Gasteiger partial charge is 0.463 e. The highest BCUT2D eigenvalue weighted by molar-refractivity contribution is 5.87. The molecule has 0 bridgehead atoms. The number of aryl methyl sites for hydroxylation is 1. The molecule has 2 saturated carbocycles. The number of benzene rings is 1. The Hall–Kier alpha value is -2.00. The maximum absolute atomic E-state index is 12.6. The topological polar surface area (TPSA) is 125 Å². The highest BCUT2D eigenvalue weighted by atomic mass is 16.7. The molecule has 34 heavy (non-hydrogen) atoms. The standard InChI is InChI=1S/C26H35NO7/c1-13(29)27-22-24(32)23(31)20(12-28)34-25(22)33-15-4-6-16-14(11-15)3-5-18-17(16)9-10-26(2)19(18)7-8-21(26)30/h4,6,11,17-20,22-25,28,31-32H,3,5,7-10,12H2,1-2H3,(H,27,29)/t17-,18-,19-,20-,22+,23-,24-,25-,26+/m1/s1. The summed E-state index contributed by atoms with van der Waals surface area (Å²) in [6.45, 7) is 3.01.